The van der Waals surface area contributed by atoms with E-state index in [0.717, 1.165) is 24.2 Å². The number of hydrogen-bond acceptors (Lipinski definition) is 4. The number of carbonyl (C=O) groups is 2. The van der Waals surface area contributed by atoms with Gasteiger partial charge in [-0.1, -0.05) is 12.1 Å². The molecule has 1 heterocycles. The molecule has 1 atom stereocenters. The molecule has 0 saturated heterocycles. The fourth-order valence-corrected chi connectivity index (χ4v) is 2.62. The number of nitrogens with one attached hydrogen (secondary N) is 1. The lowest BCUT2D eigenvalue weighted by Crippen LogP contribution is -2.30. The summed E-state index contributed by atoms with van der Waals surface area (Å²) in [4.78, 5) is 27.5. The Labute approximate surface area is 139 Å². The van der Waals surface area contributed by atoms with Gasteiger partial charge in [-0.05, 0) is 48.6 Å². The summed E-state index contributed by atoms with van der Waals surface area (Å²) in [5.74, 6) is -0.299. The molecule has 2 aromatic rings. The summed E-state index contributed by atoms with van der Waals surface area (Å²) < 4.78 is 5.16. The summed E-state index contributed by atoms with van der Waals surface area (Å²) in [5.41, 5.74) is 1.15. The van der Waals surface area contributed by atoms with Crippen LogP contribution in [0, 0.1) is 5.92 Å². The third kappa shape index (κ3) is 3.53. The van der Waals surface area contributed by atoms with E-state index in [1.165, 1.54) is 18.3 Å². The van der Waals surface area contributed by atoms with Crippen molar-refractivity contribution < 1.29 is 19.4 Å². The molecule has 6 heteroatoms. The van der Waals surface area contributed by atoms with Crippen molar-refractivity contribution in [1.82, 2.24) is 10.3 Å². The van der Waals surface area contributed by atoms with Crippen LogP contribution in [0.1, 0.15) is 45.3 Å². The first kappa shape index (κ1) is 16.0. The third-order valence-electron chi connectivity index (χ3n) is 4.09. The van der Waals surface area contributed by atoms with E-state index in [2.05, 4.69) is 10.3 Å². The van der Waals surface area contributed by atoms with Gasteiger partial charge < -0.3 is 15.2 Å². The summed E-state index contributed by atoms with van der Waals surface area (Å²) in [6.07, 6.45) is 3.44. The zero-order valence-electron chi connectivity index (χ0n) is 13.2. The predicted molar refractivity (Wildman–Crippen MR) is 87.1 cm³/mol. The highest BCUT2D eigenvalue weighted by Crippen LogP contribution is 2.41. The third-order valence-corrected chi connectivity index (χ3v) is 4.09. The maximum Gasteiger partial charge on any atom is 0.335 e. The minimum absolute atomic E-state index is 0.0440. The van der Waals surface area contributed by atoms with Gasteiger partial charge in [-0.3, -0.25) is 9.78 Å². The first-order valence-electron chi connectivity index (χ1n) is 7.72. The van der Waals surface area contributed by atoms with Crippen LogP contribution in [0.15, 0.2) is 42.6 Å². The van der Waals surface area contributed by atoms with E-state index in [-0.39, 0.29) is 23.2 Å². The van der Waals surface area contributed by atoms with E-state index in [9.17, 15) is 9.59 Å². The van der Waals surface area contributed by atoms with Crippen molar-refractivity contribution in [2.75, 3.05) is 7.11 Å². The van der Waals surface area contributed by atoms with Crippen molar-refractivity contribution in [3.63, 3.8) is 0 Å². The lowest BCUT2D eigenvalue weighted by Gasteiger charge is -2.19. The number of carboxylic acids is 1. The summed E-state index contributed by atoms with van der Waals surface area (Å²) >= 11 is 0. The van der Waals surface area contributed by atoms with Crippen molar-refractivity contribution in [2.45, 2.75) is 18.9 Å². The molecule has 1 unspecified atom stereocenters. The zero-order valence-corrected chi connectivity index (χ0v) is 13.2. The average molecular weight is 326 g/mol. The second kappa shape index (κ2) is 6.70. The lowest BCUT2D eigenvalue weighted by atomic mass is 10.0. The Balaban J connectivity index is 1.79. The second-order valence-electron chi connectivity index (χ2n) is 5.80. The number of aromatic nitrogens is 1. The van der Waals surface area contributed by atoms with Crippen molar-refractivity contribution >= 4 is 11.9 Å². The molecule has 0 bridgehead atoms. The maximum atomic E-state index is 12.5. The fourth-order valence-electron chi connectivity index (χ4n) is 2.62. The minimum Gasteiger partial charge on any atom is -0.497 e. The number of pyridine rings is 1. The molecule has 24 heavy (non-hydrogen) atoms. The van der Waals surface area contributed by atoms with Gasteiger partial charge in [-0.15, -0.1) is 0 Å². The predicted octanol–water partition coefficient (Wildman–Crippen LogP) is 2.67. The van der Waals surface area contributed by atoms with Gasteiger partial charge in [0.2, 0.25) is 0 Å². The molecule has 3 rings (SSSR count). The van der Waals surface area contributed by atoms with Crippen LogP contribution < -0.4 is 10.1 Å². The number of hydrogen-bond donors (Lipinski definition) is 2. The summed E-state index contributed by atoms with van der Waals surface area (Å²) in [7, 11) is 1.61. The smallest absolute Gasteiger partial charge is 0.335 e. The molecule has 1 amide bonds. The molecule has 124 valence electrons. The van der Waals surface area contributed by atoms with Crippen LogP contribution in [0.2, 0.25) is 0 Å². The van der Waals surface area contributed by atoms with Crippen LogP contribution >= 0.6 is 0 Å². The van der Waals surface area contributed by atoms with Crippen LogP contribution in [0.3, 0.4) is 0 Å². The van der Waals surface area contributed by atoms with Gasteiger partial charge in [0.25, 0.3) is 5.91 Å². The molecule has 6 nitrogen and oxygen atoms in total. The highest BCUT2D eigenvalue weighted by molar-refractivity contribution is 5.96. The van der Waals surface area contributed by atoms with Crippen molar-refractivity contribution in [1.29, 1.82) is 0 Å². The van der Waals surface area contributed by atoms with Crippen molar-refractivity contribution in [3.05, 3.63) is 59.4 Å². The molecular weight excluding hydrogens is 308 g/mol. The Hall–Kier alpha value is -2.89. The molecule has 1 aromatic carbocycles. The Morgan fingerprint density at radius 3 is 2.54 bits per heavy atom. The van der Waals surface area contributed by atoms with Crippen LogP contribution in [-0.2, 0) is 0 Å². The second-order valence-corrected chi connectivity index (χ2v) is 5.80. The van der Waals surface area contributed by atoms with E-state index < -0.39 is 5.97 Å². The highest BCUT2D eigenvalue weighted by atomic mass is 16.5. The van der Waals surface area contributed by atoms with Gasteiger partial charge in [0.15, 0.2) is 0 Å². The highest BCUT2D eigenvalue weighted by Gasteiger charge is 2.33. The summed E-state index contributed by atoms with van der Waals surface area (Å²) in [6, 6.07) is 10.1. The first-order valence-corrected chi connectivity index (χ1v) is 7.72. The minimum atomic E-state index is -1.08. The van der Waals surface area contributed by atoms with Gasteiger partial charge in [0.05, 0.1) is 18.7 Å². The van der Waals surface area contributed by atoms with Gasteiger partial charge in [-0.2, -0.15) is 0 Å². The number of methoxy groups -OCH3 is 1. The normalized spacial score (nSPS) is 14.7. The van der Waals surface area contributed by atoms with Crippen molar-refractivity contribution in [3.8, 4) is 5.75 Å². The summed E-state index contributed by atoms with van der Waals surface area (Å²) in [5, 5.41) is 12.0. The van der Waals surface area contributed by atoms with E-state index >= 15 is 0 Å². The molecule has 1 aromatic heterocycles. The number of ether oxygens (including phenoxy) is 1. The van der Waals surface area contributed by atoms with Crippen LogP contribution in [0.4, 0.5) is 0 Å². The number of benzene rings is 1. The number of amides is 1. The van der Waals surface area contributed by atoms with E-state index in [1.807, 2.05) is 24.3 Å². The molecule has 1 saturated carbocycles. The average Bonchev–Trinajstić information content (AvgIpc) is 3.44. The van der Waals surface area contributed by atoms with Gasteiger partial charge in [0, 0.05) is 6.20 Å². The molecule has 1 fully saturated rings. The van der Waals surface area contributed by atoms with Crippen LogP contribution in [0.5, 0.6) is 5.75 Å². The topological polar surface area (TPSA) is 88.5 Å². The molecular formula is C18H18N2O4. The standard InChI is InChI=1S/C18H18N2O4/c1-24-14-6-4-12(5-7-14)16(11-2-3-11)20-17(21)15-10-13(18(22)23)8-9-19-15/h4-11,16H,2-3H2,1H3,(H,20,21)(H,22,23). The molecule has 0 aliphatic heterocycles. The monoisotopic (exact) mass is 326 g/mol. The van der Waals surface area contributed by atoms with Gasteiger partial charge >= 0.3 is 5.97 Å². The maximum absolute atomic E-state index is 12.5. The van der Waals surface area contributed by atoms with E-state index in [0.29, 0.717) is 5.92 Å². The zero-order chi connectivity index (χ0) is 17.1. The Bertz CT molecular complexity index is 754. The van der Waals surface area contributed by atoms with E-state index in [4.69, 9.17) is 9.84 Å². The molecule has 0 radical (unpaired) electrons. The number of aromatic carboxylic acids is 1. The Kier molecular flexibility index (Phi) is 4.46. The molecule has 1 aliphatic carbocycles. The fraction of sp³-hybridized carbons (Fsp3) is 0.278. The number of nitrogens with zero attached hydrogens (tertiary/aromatic N) is 1. The number of rotatable bonds is 6. The largest absolute Gasteiger partial charge is 0.497 e. The van der Waals surface area contributed by atoms with Gasteiger partial charge in [0.1, 0.15) is 11.4 Å². The van der Waals surface area contributed by atoms with Crippen LogP contribution in [0.25, 0.3) is 0 Å². The van der Waals surface area contributed by atoms with E-state index in [1.54, 1.807) is 7.11 Å². The first-order chi connectivity index (χ1) is 11.6. The Morgan fingerprint density at radius 2 is 1.96 bits per heavy atom. The SMILES string of the molecule is COc1ccc(C(NC(=O)c2cc(C(=O)O)ccn2)C2CC2)cc1. The molecule has 0 spiro atoms. The number of carbonyl (C=O) groups excluding carboxylic acids is 1. The lowest BCUT2D eigenvalue weighted by molar-refractivity contribution is 0.0696. The summed E-state index contributed by atoms with van der Waals surface area (Å²) in [6.45, 7) is 0. The van der Waals surface area contributed by atoms with Gasteiger partial charge in [-0.25, -0.2) is 4.79 Å². The molecule has 2 N–H and O–H groups in total. The Morgan fingerprint density at radius 1 is 1.25 bits per heavy atom. The van der Waals surface area contributed by atoms with Crippen LogP contribution in [-0.4, -0.2) is 29.1 Å². The van der Waals surface area contributed by atoms with Crippen molar-refractivity contribution in [2.24, 2.45) is 5.92 Å². The quantitative estimate of drug-likeness (QED) is 0.852. The molecule has 1 aliphatic rings. The number of carboxylic acid groups (broad SMARTS) is 1.